The molecule has 0 saturated heterocycles. The van der Waals surface area contributed by atoms with Crippen molar-refractivity contribution < 1.29 is 24.0 Å². The van der Waals surface area contributed by atoms with Gasteiger partial charge in [-0.2, -0.15) is 0 Å². The molecule has 1 aromatic heterocycles. The Morgan fingerprint density at radius 1 is 1.29 bits per heavy atom. The van der Waals surface area contributed by atoms with E-state index in [9.17, 15) is 9.59 Å². The molecule has 2 rings (SSSR count). The number of aromatic nitrogens is 1. The van der Waals surface area contributed by atoms with Gasteiger partial charge in [0, 0.05) is 16.6 Å². The van der Waals surface area contributed by atoms with E-state index in [0.717, 1.165) is 6.07 Å². The van der Waals surface area contributed by atoms with Crippen LogP contribution in [0.4, 0.5) is 5.69 Å². The third-order valence-corrected chi connectivity index (χ3v) is 3.72. The number of carbonyl (C=O) groups excluding carboxylic acids is 1. The molecule has 0 spiro atoms. The van der Waals surface area contributed by atoms with Crippen molar-refractivity contribution >= 4 is 49.4 Å². The highest BCUT2D eigenvalue weighted by Crippen LogP contribution is 2.34. The van der Waals surface area contributed by atoms with Crippen molar-refractivity contribution in [2.24, 2.45) is 0 Å². The summed E-state index contributed by atoms with van der Waals surface area (Å²) in [7, 11) is 1.50. The number of benzene rings is 1. The summed E-state index contributed by atoms with van der Waals surface area (Å²) in [6.07, 6.45) is 0. The van der Waals surface area contributed by atoms with Crippen LogP contribution in [0, 0.1) is 0 Å². The Morgan fingerprint density at radius 3 is 2.57 bits per heavy atom. The van der Waals surface area contributed by atoms with Gasteiger partial charge in [0.25, 0.3) is 5.91 Å². The van der Waals surface area contributed by atoms with Gasteiger partial charge >= 0.3 is 5.97 Å². The number of methoxy groups -OCH3 is 1. The molecule has 0 fully saturated rings. The number of halogens is 2. The smallest absolute Gasteiger partial charge is 0.374 e. The van der Waals surface area contributed by atoms with Crippen molar-refractivity contribution in [3.05, 3.63) is 38.6 Å². The molecule has 0 saturated carbocycles. The molecule has 1 amide bonds. The summed E-state index contributed by atoms with van der Waals surface area (Å²) in [5.41, 5.74) is 0.307. The number of hydrogen-bond donors (Lipinski definition) is 2. The standard InChI is InChI=1S/C12H8Br2N2O5/c1-20-9-3-7(5(13)2-6(9)14)15-11(17)8-4-10(12(18)19)21-16-8/h2-4H,1H3,(H,15,17)(H,18,19). The molecule has 21 heavy (non-hydrogen) atoms. The SMILES string of the molecule is COc1cc(NC(=O)c2cc(C(=O)O)on2)c(Br)cc1Br. The fourth-order valence-corrected chi connectivity index (χ4v) is 2.71. The fraction of sp³-hybridized carbons (Fsp3) is 0.0833. The summed E-state index contributed by atoms with van der Waals surface area (Å²) < 4.78 is 11.0. The molecule has 1 aromatic carbocycles. The van der Waals surface area contributed by atoms with Gasteiger partial charge in [-0.05, 0) is 37.9 Å². The lowest BCUT2D eigenvalue weighted by Gasteiger charge is -2.10. The average molecular weight is 420 g/mol. The Bertz CT molecular complexity index is 714. The summed E-state index contributed by atoms with van der Waals surface area (Å²) >= 11 is 6.61. The number of nitrogens with zero attached hydrogens (tertiary/aromatic N) is 1. The molecule has 0 radical (unpaired) electrons. The monoisotopic (exact) mass is 418 g/mol. The number of carboxylic acid groups (broad SMARTS) is 1. The van der Waals surface area contributed by atoms with Crippen LogP contribution in [0.25, 0.3) is 0 Å². The van der Waals surface area contributed by atoms with Crippen LogP contribution >= 0.6 is 31.9 Å². The number of carboxylic acids is 1. The first kappa shape index (κ1) is 15.5. The number of amides is 1. The minimum atomic E-state index is -1.30. The van der Waals surface area contributed by atoms with Crippen molar-refractivity contribution in [1.29, 1.82) is 0 Å². The van der Waals surface area contributed by atoms with Crippen LogP contribution in [0.5, 0.6) is 5.75 Å². The first-order chi connectivity index (χ1) is 9.92. The molecule has 1 heterocycles. The molecular weight excluding hydrogens is 412 g/mol. The number of anilines is 1. The topological polar surface area (TPSA) is 102 Å². The molecule has 110 valence electrons. The van der Waals surface area contributed by atoms with E-state index in [0.29, 0.717) is 20.4 Å². The molecule has 2 aromatic rings. The Balaban J connectivity index is 2.24. The highest BCUT2D eigenvalue weighted by molar-refractivity contribution is 9.11. The van der Waals surface area contributed by atoms with Gasteiger partial charge in [0.1, 0.15) is 5.75 Å². The van der Waals surface area contributed by atoms with E-state index in [2.05, 4.69) is 46.9 Å². The van der Waals surface area contributed by atoms with E-state index < -0.39 is 17.6 Å². The van der Waals surface area contributed by atoms with Crippen LogP contribution in [-0.4, -0.2) is 29.2 Å². The second kappa shape index (κ2) is 6.27. The molecule has 0 aliphatic carbocycles. The molecule has 0 atom stereocenters. The summed E-state index contributed by atoms with van der Waals surface area (Å²) in [6.45, 7) is 0. The van der Waals surface area contributed by atoms with Crippen molar-refractivity contribution in [1.82, 2.24) is 5.16 Å². The number of aromatic carboxylic acids is 1. The zero-order valence-electron chi connectivity index (χ0n) is 10.5. The maximum atomic E-state index is 12.0. The van der Waals surface area contributed by atoms with Crippen LogP contribution < -0.4 is 10.1 Å². The highest BCUT2D eigenvalue weighted by atomic mass is 79.9. The van der Waals surface area contributed by atoms with Crippen LogP contribution in [0.1, 0.15) is 21.0 Å². The Labute approximate surface area is 135 Å². The molecule has 7 nitrogen and oxygen atoms in total. The number of rotatable bonds is 4. The molecule has 2 N–H and O–H groups in total. The second-order valence-electron chi connectivity index (χ2n) is 3.80. The maximum Gasteiger partial charge on any atom is 0.374 e. The van der Waals surface area contributed by atoms with Crippen molar-refractivity contribution in [2.45, 2.75) is 0 Å². The highest BCUT2D eigenvalue weighted by Gasteiger charge is 2.18. The third kappa shape index (κ3) is 3.42. The number of hydrogen-bond acceptors (Lipinski definition) is 5. The van der Waals surface area contributed by atoms with Crippen LogP contribution in [0.2, 0.25) is 0 Å². The van der Waals surface area contributed by atoms with E-state index in [4.69, 9.17) is 9.84 Å². The van der Waals surface area contributed by atoms with Crippen LogP contribution in [-0.2, 0) is 0 Å². The lowest BCUT2D eigenvalue weighted by atomic mass is 10.3. The minimum Gasteiger partial charge on any atom is -0.495 e. The van der Waals surface area contributed by atoms with Crippen molar-refractivity contribution in [3.8, 4) is 5.75 Å². The lowest BCUT2D eigenvalue weighted by Crippen LogP contribution is -2.12. The van der Waals surface area contributed by atoms with Gasteiger partial charge in [-0.1, -0.05) is 5.16 Å². The van der Waals surface area contributed by atoms with E-state index in [1.165, 1.54) is 7.11 Å². The van der Waals surface area contributed by atoms with E-state index in [1.54, 1.807) is 12.1 Å². The second-order valence-corrected chi connectivity index (χ2v) is 5.51. The molecule has 9 heteroatoms. The summed E-state index contributed by atoms with van der Waals surface area (Å²) in [5.74, 6) is -1.78. The maximum absolute atomic E-state index is 12.0. The quantitative estimate of drug-likeness (QED) is 0.789. The van der Waals surface area contributed by atoms with E-state index in [-0.39, 0.29) is 5.69 Å². The van der Waals surface area contributed by atoms with Gasteiger partial charge in [-0.25, -0.2) is 4.79 Å². The Kier molecular flexibility index (Phi) is 4.63. The van der Waals surface area contributed by atoms with E-state index in [1.807, 2.05) is 0 Å². The van der Waals surface area contributed by atoms with Gasteiger partial charge in [0.15, 0.2) is 5.69 Å². The molecule has 0 aliphatic heterocycles. The Morgan fingerprint density at radius 2 is 2.00 bits per heavy atom. The lowest BCUT2D eigenvalue weighted by molar-refractivity contribution is 0.0651. The molecule has 0 bridgehead atoms. The number of carbonyl (C=O) groups is 2. The zero-order valence-corrected chi connectivity index (χ0v) is 13.7. The summed E-state index contributed by atoms with van der Waals surface area (Å²) in [4.78, 5) is 22.7. The zero-order chi connectivity index (χ0) is 15.6. The largest absolute Gasteiger partial charge is 0.495 e. The van der Waals surface area contributed by atoms with Gasteiger partial charge < -0.3 is 19.7 Å². The van der Waals surface area contributed by atoms with E-state index >= 15 is 0 Å². The number of nitrogens with one attached hydrogen (secondary N) is 1. The van der Waals surface area contributed by atoms with Crippen LogP contribution in [0.3, 0.4) is 0 Å². The average Bonchev–Trinajstić information content (AvgIpc) is 2.91. The predicted molar refractivity (Wildman–Crippen MR) is 79.8 cm³/mol. The van der Waals surface area contributed by atoms with Gasteiger partial charge in [-0.3, -0.25) is 4.79 Å². The first-order valence-electron chi connectivity index (χ1n) is 5.46. The van der Waals surface area contributed by atoms with Crippen molar-refractivity contribution in [2.75, 3.05) is 12.4 Å². The normalized spacial score (nSPS) is 10.2. The number of ether oxygens (including phenoxy) is 1. The van der Waals surface area contributed by atoms with Crippen LogP contribution in [0.15, 0.2) is 31.7 Å². The van der Waals surface area contributed by atoms with Gasteiger partial charge in [-0.15, -0.1) is 0 Å². The Hall–Kier alpha value is -1.87. The molecule has 0 aliphatic rings. The van der Waals surface area contributed by atoms with Gasteiger partial charge in [0.05, 0.1) is 17.3 Å². The predicted octanol–water partition coefficient (Wildman–Crippen LogP) is 3.16. The molecular formula is C12H8Br2N2O5. The molecule has 0 unspecified atom stereocenters. The summed E-state index contributed by atoms with van der Waals surface area (Å²) in [6, 6.07) is 4.35. The minimum absolute atomic E-state index is 0.138. The van der Waals surface area contributed by atoms with Gasteiger partial charge in [0.2, 0.25) is 5.76 Å². The van der Waals surface area contributed by atoms with Crippen molar-refractivity contribution in [3.63, 3.8) is 0 Å². The first-order valence-corrected chi connectivity index (χ1v) is 7.05. The summed E-state index contributed by atoms with van der Waals surface area (Å²) in [5, 5.41) is 14.7. The third-order valence-electron chi connectivity index (χ3n) is 2.44. The fourth-order valence-electron chi connectivity index (χ4n) is 1.45.